The molecule has 0 saturated carbocycles. The molecule has 1 heteroatoms. The number of nitrogens with two attached hydrogens (primary N) is 1. The smallest absolute Gasteiger partial charge is 0.0399 e. The molecule has 2 rings (SSSR count). The van der Waals surface area contributed by atoms with Crippen molar-refractivity contribution in [1.29, 1.82) is 0 Å². The summed E-state index contributed by atoms with van der Waals surface area (Å²) in [4.78, 5) is 0. The minimum Gasteiger partial charge on any atom is -0.398 e. The van der Waals surface area contributed by atoms with Crippen molar-refractivity contribution in [3.05, 3.63) is 48.5 Å². The molecule has 0 radical (unpaired) electrons. The monoisotopic (exact) mass is 169 g/mol. The highest BCUT2D eigenvalue weighted by Crippen LogP contribution is 2.23. The summed E-state index contributed by atoms with van der Waals surface area (Å²) < 4.78 is 0. The molecular weight excluding hydrogens is 158 g/mol. The molecule has 2 aromatic rings. The second-order valence-corrected chi connectivity index (χ2v) is 3.04. The molecule has 0 aliphatic rings. The van der Waals surface area contributed by atoms with Crippen molar-refractivity contribution in [3.8, 4) is 0 Å². The maximum Gasteiger partial charge on any atom is 0.0399 e. The topological polar surface area (TPSA) is 26.0 Å². The normalized spacial score (nSPS) is 10.2. The Kier molecular flexibility index (Phi) is 1.78. The second-order valence-electron chi connectivity index (χ2n) is 3.04. The molecule has 64 valence electrons. The minimum atomic E-state index is 0.813. The second kappa shape index (κ2) is 2.94. The lowest BCUT2D eigenvalue weighted by Gasteiger charge is -2.03. The van der Waals surface area contributed by atoms with Gasteiger partial charge in [0.1, 0.15) is 0 Å². The molecule has 2 N–H and O–H groups in total. The summed E-state index contributed by atoms with van der Waals surface area (Å²) in [6.45, 7) is 3.72. The average Bonchev–Trinajstić information content (AvgIpc) is 2.18. The lowest BCUT2D eigenvalue weighted by atomic mass is 10.1. The van der Waals surface area contributed by atoms with Crippen LogP contribution in [0.4, 0.5) is 5.69 Å². The van der Waals surface area contributed by atoms with E-state index in [4.69, 9.17) is 5.73 Å². The lowest BCUT2D eigenvalue weighted by molar-refractivity contribution is 1.69. The molecule has 13 heavy (non-hydrogen) atoms. The third kappa shape index (κ3) is 1.29. The van der Waals surface area contributed by atoms with Gasteiger partial charge >= 0.3 is 0 Å². The van der Waals surface area contributed by atoms with Crippen molar-refractivity contribution in [3.63, 3.8) is 0 Å². The van der Waals surface area contributed by atoms with Crippen molar-refractivity contribution in [1.82, 2.24) is 0 Å². The van der Waals surface area contributed by atoms with Gasteiger partial charge in [0.05, 0.1) is 0 Å². The predicted octanol–water partition coefficient (Wildman–Crippen LogP) is 3.07. The van der Waals surface area contributed by atoms with Gasteiger partial charge in [-0.15, -0.1) is 0 Å². The Hall–Kier alpha value is -1.76. The summed E-state index contributed by atoms with van der Waals surface area (Å²) in [6, 6.07) is 12.1. The number of anilines is 1. The van der Waals surface area contributed by atoms with E-state index >= 15 is 0 Å². The van der Waals surface area contributed by atoms with Gasteiger partial charge in [-0.1, -0.05) is 36.9 Å². The largest absolute Gasteiger partial charge is 0.398 e. The molecule has 0 saturated heterocycles. The molecule has 1 nitrogen and oxygen atoms in total. The minimum absolute atomic E-state index is 0.813. The number of hydrogen-bond acceptors (Lipinski definition) is 1. The Morgan fingerprint density at radius 1 is 1.15 bits per heavy atom. The summed E-state index contributed by atoms with van der Waals surface area (Å²) in [5.41, 5.74) is 7.76. The molecule has 0 fully saturated rings. The Labute approximate surface area is 77.5 Å². The Morgan fingerprint density at radius 2 is 1.92 bits per heavy atom. The Morgan fingerprint density at radius 3 is 2.69 bits per heavy atom. The van der Waals surface area contributed by atoms with Crippen LogP contribution in [0, 0.1) is 0 Å². The molecule has 0 atom stereocenters. The predicted molar refractivity (Wildman–Crippen MR) is 58.5 cm³/mol. The van der Waals surface area contributed by atoms with Crippen LogP contribution in [0.15, 0.2) is 43.0 Å². The van der Waals surface area contributed by atoms with Gasteiger partial charge in [0.2, 0.25) is 0 Å². The summed E-state index contributed by atoms with van der Waals surface area (Å²) in [5.74, 6) is 0. The van der Waals surface area contributed by atoms with Gasteiger partial charge in [-0.3, -0.25) is 0 Å². The van der Waals surface area contributed by atoms with Crippen LogP contribution >= 0.6 is 0 Å². The molecule has 0 spiro atoms. The van der Waals surface area contributed by atoms with Crippen LogP contribution in [-0.2, 0) is 0 Å². The molecule has 0 unspecified atom stereocenters. The first-order chi connectivity index (χ1) is 6.31. The number of nitrogen functional groups attached to an aromatic ring is 1. The molecule has 0 bridgehead atoms. The number of rotatable bonds is 1. The Bertz CT molecular complexity index is 458. The van der Waals surface area contributed by atoms with Crippen molar-refractivity contribution in [2.45, 2.75) is 0 Å². The quantitative estimate of drug-likeness (QED) is 0.652. The van der Waals surface area contributed by atoms with Gasteiger partial charge in [-0.2, -0.15) is 0 Å². The molecule has 0 aliphatic carbocycles. The molecule has 0 amide bonds. The van der Waals surface area contributed by atoms with Gasteiger partial charge in [0.15, 0.2) is 0 Å². The fraction of sp³-hybridized carbons (Fsp3) is 0. The zero-order valence-corrected chi connectivity index (χ0v) is 7.33. The Balaban J connectivity index is 2.84. The van der Waals surface area contributed by atoms with Gasteiger partial charge in [0.25, 0.3) is 0 Å². The fourth-order valence-electron chi connectivity index (χ4n) is 1.48. The highest BCUT2D eigenvalue weighted by molar-refractivity contribution is 5.94. The standard InChI is InChI=1S/C12H11N/c1-2-9-7-10-5-3-4-6-11(10)12(13)8-9/h2-8H,1,13H2. The van der Waals surface area contributed by atoms with Crippen LogP contribution in [0.3, 0.4) is 0 Å². The van der Waals surface area contributed by atoms with Gasteiger partial charge in [-0.05, 0) is 23.1 Å². The number of benzene rings is 2. The van der Waals surface area contributed by atoms with Crippen LogP contribution in [-0.4, -0.2) is 0 Å². The SMILES string of the molecule is C=Cc1cc(N)c2ccccc2c1. The van der Waals surface area contributed by atoms with Gasteiger partial charge < -0.3 is 5.73 Å². The molecular formula is C12H11N. The van der Waals surface area contributed by atoms with E-state index in [2.05, 4.69) is 18.7 Å². The maximum absolute atomic E-state index is 5.88. The highest BCUT2D eigenvalue weighted by atomic mass is 14.5. The highest BCUT2D eigenvalue weighted by Gasteiger charge is 1.97. The van der Waals surface area contributed by atoms with E-state index in [0.29, 0.717) is 0 Å². The molecule has 2 aromatic carbocycles. The van der Waals surface area contributed by atoms with Crippen molar-refractivity contribution >= 4 is 22.5 Å². The van der Waals surface area contributed by atoms with Gasteiger partial charge in [0, 0.05) is 11.1 Å². The third-order valence-electron chi connectivity index (χ3n) is 2.15. The molecule has 0 heterocycles. The summed E-state index contributed by atoms with van der Waals surface area (Å²) in [6.07, 6.45) is 1.81. The molecule has 0 aromatic heterocycles. The maximum atomic E-state index is 5.88. The van der Waals surface area contributed by atoms with Crippen LogP contribution in [0.1, 0.15) is 5.56 Å². The van der Waals surface area contributed by atoms with E-state index in [-0.39, 0.29) is 0 Å². The van der Waals surface area contributed by atoms with Crippen molar-refractivity contribution in [2.75, 3.05) is 5.73 Å². The van der Waals surface area contributed by atoms with Gasteiger partial charge in [-0.25, -0.2) is 0 Å². The average molecular weight is 169 g/mol. The lowest BCUT2D eigenvalue weighted by Crippen LogP contribution is -1.87. The van der Waals surface area contributed by atoms with Crippen LogP contribution in [0.25, 0.3) is 16.8 Å². The first-order valence-electron chi connectivity index (χ1n) is 4.22. The zero-order chi connectivity index (χ0) is 9.26. The van der Waals surface area contributed by atoms with E-state index < -0.39 is 0 Å². The third-order valence-corrected chi connectivity index (χ3v) is 2.15. The first kappa shape index (κ1) is 7.87. The van der Waals surface area contributed by atoms with E-state index in [1.165, 1.54) is 0 Å². The molecule has 0 aliphatic heterocycles. The van der Waals surface area contributed by atoms with Crippen LogP contribution in [0.5, 0.6) is 0 Å². The van der Waals surface area contributed by atoms with Crippen LogP contribution < -0.4 is 5.73 Å². The number of fused-ring (bicyclic) bond motifs is 1. The number of hydrogen-bond donors (Lipinski definition) is 1. The summed E-state index contributed by atoms with van der Waals surface area (Å²) >= 11 is 0. The van der Waals surface area contributed by atoms with Crippen molar-refractivity contribution in [2.24, 2.45) is 0 Å². The van der Waals surface area contributed by atoms with E-state index in [0.717, 1.165) is 22.0 Å². The summed E-state index contributed by atoms with van der Waals surface area (Å²) in [5, 5.41) is 2.27. The summed E-state index contributed by atoms with van der Waals surface area (Å²) in [7, 11) is 0. The van der Waals surface area contributed by atoms with E-state index in [1.807, 2.05) is 30.3 Å². The zero-order valence-electron chi connectivity index (χ0n) is 7.33. The van der Waals surface area contributed by atoms with E-state index in [9.17, 15) is 0 Å². The fourth-order valence-corrected chi connectivity index (χ4v) is 1.48. The van der Waals surface area contributed by atoms with E-state index in [1.54, 1.807) is 0 Å². The van der Waals surface area contributed by atoms with Crippen LogP contribution in [0.2, 0.25) is 0 Å². The van der Waals surface area contributed by atoms with Crippen molar-refractivity contribution < 1.29 is 0 Å². The first-order valence-corrected chi connectivity index (χ1v) is 4.22.